The number of carbonyl (C=O) groups is 1. The van der Waals surface area contributed by atoms with Gasteiger partial charge in [-0.05, 0) is 37.6 Å². The molecule has 0 aromatic heterocycles. The highest BCUT2D eigenvalue weighted by molar-refractivity contribution is 8.15. The first kappa shape index (κ1) is 22.2. The van der Waals surface area contributed by atoms with Crippen molar-refractivity contribution in [3.8, 4) is 5.75 Å². The van der Waals surface area contributed by atoms with Crippen LogP contribution in [0.1, 0.15) is 26.7 Å². The predicted octanol–water partition coefficient (Wildman–Crippen LogP) is 4.12. The first-order valence-corrected chi connectivity index (χ1v) is 12.2. The molecule has 0 saturated carbocycles. The van der Waals surface area contributed by atoms with Crippen molar-refractivity contribution < 1.29 is 17.9 Å². The Morgan fingerprint density at radius 2 is 1.87 bits per heavy atom. The van der Waals surface area contributed by atoms with Crippen molar-refractivity contribution in [2.75, 3.05) is 29.1 Å². The van der Waals surface area contributed by atoms with Crippen molar-refractivity contribution in [2.24, 2.45) is 4.40 Å². The summed E-state index contributed by atoms with van der Waals surface area (Å²) < 4.78 is 34.7. The van der Waals surface area contributed by atoms with Gasteiger partial charge in [0.15, 0.2) is 5.17 Å². The molecule has 0 fully saturated rings. The third-order valence-electron chi connectivity index (χ3n) is 4.39. The number of unbranched alkanes of at least 4 members (excludes halogenated alkanes) is 1. The van der Waals surface area contributed by atoms with Crippen LogP contribution in [0, 0.1) is 0 Å². The zero-order valence-corrected chi connectivity index (χ0v) is 18.6. The van der Waals surface area contributed by atoms with E-state index in [1.807, 2.05) is 24.0 Å². The lowest BCUT2D eigenvalue weighted by Crippen LogP contribution is -2.35. The average Bonchev–Trinajstić information content (AvgIpc) is 2.73. The molecule has 0 spiro atoms. The molecule has 9 heteroatoms. The molecule has 1 aliphatic heterocycles. The van der Waals surface area contributed by atoms with E-state index in [4.69, 9.17) is 4.74 Å². The van der Waals surface area contributed by atoms with Crippen molar-refractivity contribution >= 4 is 44.2 Å². The number of fused-ring (bicyclic) bond motifs is 1. The van der Waals surface area contributed by atoms with Gasteiger partial charge in [0.2, 0.25) is 5.91 Å². The number of nitrogens with zero attached hydrogens (tertiary/aromatic N) is 2. The molecular formula is C21H25N3O4S2. The Morgan fingerprint density at radius 1 is 1.13 bits per heavy atom. The Hall–Kier alpha value is -2.52. The van der Waals surface area contributed by atoms with Gasteiger partial charge < -0.3 is 15.0 Å². The van der Waals surface area contributed by atoms with Crippen LogP contribution in [0.4, 0.5) is 11.4 Å². The molecule has 2 aromatic rings. The van der Waals surface area contributed by atoms with E-state index in [1.54, 1.807) is 36.4 Å². The molecule has 1 heterocycles. The normalized spacial score (nSPS) is 14.6. The minimum absolute atomic E-state index is 0.0274. The Balaban J connectivity index is 1.76. The van der Waals surface area contributed by atoms with E-state index in [0.717, 1.165) is 24.6 Å². The smallest absolute Gasteiger partial charge is 0.286 e. The Morgan fingerprint density at radius 3 is 2.63 bits per heavy atom. The van der Waals surface area contributed by atoms with E-state index in [2.05, 4.69) is 16.6 Å². The van der Waals surface area contributed by atoms with Crippen LogP contribution in [-0.2, 0) is 14.8 Å². The van der Waals surface area contributed by atoms with E-state index in [-0.39, 0.29) is 16.6 Å². The quantitative estimate of drug-likeness (QED) is 0.655. The molecule has 7 nitrogen and oxygen atoms in total. The molecule has 1 aliphatic rings. The van der Waals surface area contributed by atoms with Crippen LogP contribution in [0.15, 0.2) is 57.8 Å². The first-order valence-electron chi connectivity index (χ1n) is 9.82. The number of hydrogen-bond donors (Lipinski definition) is 1. The van der Waals surface area contributed by atoms with Crippen molar-refractivity contribution in [2.45, 2.75) is 31.6 Å². The SMILES string of the molecule is CCCCN1C(SCC(=O)Nc2ccccc2OCC)=NS(=O)(=O)c2ccccc21. The van der Waals surface area contributed by atoms with E-state index < -0.39 is 10.0 Å². The van der Waals surface area contributed by atoms with Crippen molar-refractivity contribution in [1.29, 1.82) is 0 Å². The van der Waals surface area contributed by atoms with Gasteiger partial charge in [0, 0.05) is 6.54 Å². The average molecular weight is 448 g/mol. The highest BCUT2D eigenvalue weighted by atomic mass is 32.2. The zero-order valence-electron chi connectivity index (χ0n) is 17.0. The van der Waals surface area contributed by atoms with Crippen molar-refractivity contribution in [1.82, 2.24) is 0 Å². The standard InChI is InChI=1S/C21H25N3O4S2/c1-3-5-14-24-17-11-7-9-13-19(17)30(26,27)23-21(24)29-15-20(25)22-16-10-6-8-12-18(16)28-4-2/h6-13H,3-5,14-15H2,1-2H3,(H,22,25). The Kier molecular flexibility index (Phi) is 7.38. The number of amidine groups is 1. The maximum absolute atomic E-state index is 12.6. The van der Waals surface area contributed by atoms with Gasteiger partial charge in [-0.1, -0.05) is 49.4 Å². The maximum atomic E-state index is 12.6. The predicted molar refractivity (Wildman–Crippen MR) is 122 cm³/mol. The topological polar surface area (TPSA) is 88.1 Å². The molecule has 30 heavy (non-hydrogen) atoms. The number of nitrogens with one attached hydrogen (secondary N) is 1. The van der Waals surface area contributed by atoms with E-state index in [0.29, 0.717) is 35.4 Å². The third-order valence-corrected chi connectivity index (χ3v) is 6.80. The molecule has 1 N–H and O–H groups in total. The summed E-state index contributed by atoms with van der Waals surface area (Å²) in [5.41, 5.74) is 1.18. The molecule has 0 aliphatic carbocycles. The number of sulfonamides is 1. The number of rotatable bonds is 8. The van der Waals surface area contributed by atoms with Crippen LogP contribution in [-0.4, -0.2) is 38.4 Å². The summed E-state index contributed by atoms with van der Waals surface area (Å²) in [6.07, 6.45) is 1.83. The molecule has 0 atom stereocenters. The minimum Gasteiger partial charge on any atom is -0.492 e. The first-order chi connectivity index (χ1) is 14.5. The highest BCUT2D eigenvalue weighted by Crippen LogP contribution is 2.34. The lowest BCUT2D eigenvalue weighted by Gasteiger charge is -2.30. The van der Waals surface area contributed by atoms with Crippen LogP contribution in [0.3, 0.4) is 0 Å². The molecule has 3 rings (SSSR count). The fourth-order valence-electron chi connectivity index (χ4n) is 3.01. The summed E-state index contributed by atoms with van der Waals surface area (Å²) in [6, 6.07) is 14.0. The Bertz CT molecular complexity index is 1040. The van der Waals surface area contributed by atoms with Gasteiger partial charge in [0.25, 0.3) is 10.0 Å². The number of hydrogen-bond acceptors (Lipinski definition) is 6. The number of thioether (sulfide) groups is 1. The van der Waals surface area contributed by atoms with Gasteiger partial charge in [-0.25, -0.2) is 0 Å². The molecule has 0 unspecified atom stereocenters. The minimum atomic E-state index is -3.80. The van der Waals surface area contributed by atoms with Crippen LogP contribution < -0.4 is 15.0 Å². The monoisotopic (exact) mass is 447 g/mol. The summed E-state index contributed by atoms with van der Waals surface area (Å²) in [4.78, 5) is 14.6. The van der Waals surface area contributed by atoms with Crippen LogP contribution in [0.25, 0.3) is 0 Å². The number of anilines is 2. The number of ether oxygens (including phenoxy) is 1. The molecule has 2 aromatic carbocycles. The zero-order chi connectivity index (χ0) is 21.6. The van der Waals surface area contributed by atoms with E-state index in [1.165, 1.54) is 0 Å². The summed E-state index contributed by atoms with van der Waals surface area (Å²) in [7, 11) is -3.80. The van der Waals surface area contributed by atoms with Gasteiger partial charge in [-0.3, -0.25) is 4.79 Å². The summed E-state index contributed by atoms with van der Waals surface area (Å²) >= 11 is 1.11. The van der Waals surface area contributed by atoms with E-state index >= 15 is 0 Å². The molecular weight excluding hydrogens is 422 g/mol. The fraction of sp³-hybridized carbons (Fsp3) is 0.333. The van der Waals surface area contributed by atoms with Gasteiger partial charge in [-0.2, -0.15) is 8.42 Å². The van der Waals surface area contributed by atoms with Crippen LogP contribution in [0.2, 0.25) is 0 Å². The Labute approximate surface area is 181 Å². The van der Waals surface area contributed by atoms with Gasteiger partial charge in [0.1, 0.15) is 10.6 Å². The lowest BCUT2D eigenvalue weighted by atomic mass is 10.2. The molecule has 1 amide bonds. The molecule has 0 bridgehead atoms. The van der Waals surface area contributed by atoms with Crippen molar-refractivity contribution in [3.05, 3.63) is 48.5 Å². The molecule has 0 saturated heterocycles. The molecule has 0 radical (unpaired) electrons. The van der Waals surface area contributed by atoms with Gasteiger partial charge in [-0.15, -0.1) is 4.40 Å². The van der Waals surface area contributed by atoms with E-state index in [9.17, 15) is 13.2 Å². The number of carbonyl (C=O) groups excluding carboxylic acids is 1. The summed E-state index contributed by atoms with van der Waals surface area (Å²) in [6.45, 7) is 5.06. The lowest BCUT2D eigenvalue weighted by molar-refractivity contribution is -0.113. The second kappa shape index (κ2) is 9.99. The number of benzene rings is 2. The van der Waals surface area contributed by atoms with Crippen LogP contribution >= 0.6 is 11.8 Å². The number of para-hydroxylation sites is 3. The molecule has 160 valence electrons. The fourth-order valence-corrected chi connectivity index (χ4v) is 5.29. The second-order valence-electron chi connectivity index (χ2n) is 6.59. The van der Waals surface area contributed by atoms with Gasteiger partial charge >= 0.3 is 0 Å². The van der Waals surface area contributed by atoms with Crippen LogP contribution in [0.5, 0.6) is 5.75 Å². The summed E-state index contributed by atoms with van der Waals surface area (Å²) in [5, 5.41) is 3.14. The van der Waals surface area contributed by atoms with Gasteiger partial charge in [0.05, 0.1) is 23.7 Å². The third kappa shape index (κ3) is 5.14. The largest absolute Gasteiger partial charge is 0.492 e. The summed E-state index contributed by atoms with van der Waals surface area (Å²) in [5.74, 6) is 0.357. The van der Waals surface area contributed by atoms with Crippen molar-refractivity contribution in [3.63, 3.8) is 0 Å². The number of amides is 1. The maximum Gasteiger partial charge on any atom is 0.286 e. The second-order valence-corrected chi connectivity index (χ2v) is 9.10. The highest BCUT2D eigenvalue weighted by Gasteiger charge is 2.30.